The summed E-state index contributed by atoms with van der Waals surface area (Å²) < 4.78 is 0. The molecule has 1 aliphatic rings. The second-order valence-electron chi connectivity index (χ2n) is 5.36. The summed E-state index contributed by atoms with van der Waals surface area (Å²) in [7, 11) is 3.87. The molecule has 1 atom stereocenters. The molecule has 1 aromatic rings. The van der Waals surface area contributed by atoms with E-state index in [9.17, 15) is 10.1 Å². The van der Waals surface area contributed by atoms with Crippen LogP contribution in [-0.2, 0) is 0 Å². The minimum Gasteiger partial charge on any atom is -0.352 e. The van der Waals surface area contributed by atoms with Crippen LogP contribution in [0.5, 0.6) is 0 Å². The quantitative estimate of drug-likeness (QED) is 0.459. The van der Waals surface area contributed by atoms with E-state index in [0.29, 0.717) is 24.1 Å². The number of anilines is 2. The number of aryl methyl sites for hydroxylation is 1. The third-order valence-corrected chi connectivity index (χ3v) is 3.87. The number of likely N-dealkylation sites (N-methyl/N-ethyl adjacent to an activating group) is 2. The fraction of sp³-hybridized carbons (Fsp3) is 0.667. The zero-order chi connectivity index (χ0) is 15.6. The molecule has 2 heterocycles. The monoisotopic (exact) mass is 295 g/mol. The molecule has 2 rings (SSSR count). The van der Waals surface area contributed by atoms with Gasteiger partial charge < -0.3 is 9.80 Å². The summed E-state index contributed by atoms with van der Waals surface area (Å²) in [6, 6.07) is 0.374. The molecule has 0 amide bonds. The molecule has 0 aromatic carbocycles. The third kappa shape index (κ3) is 3.19. The van der Waals surface area contributed by atoms with Gasteiger partial charge in [-0.25, -0.2) is 10.8 Å². The van der Waals surface area contributed by atoms with Gasteiger partial charge in [0.05, 0.1) is 4.92 Å². The summed E-state index contributed by atoms with van der Waals surface area (Å²) in [6.45, 7) is 3.32. The second-order valence-corrected chi connectivity index (χ2v) is 5.36. The van der Waals surface area contributed by atoms with Gasteiger partial charge in [-0.3, -0.25) is 15.5 Å². The summed E-state index contributed by atoms with van der Waals surface area (Å²) >= 11 is 0. The fourth-order valence-corrected chi connectivity index (χ4v) is 2.71. The lowest BCUT2D eigenvalue weighted by molar-refractivity contribution is -0.385. The molecule has 21 heavy (non-hydrogen) atoms. The van der Waals surface area contributed by atoms with Crippen molar-refractivity contribution >= 4 is 17.5 Å². The number of nitrogens with two attached hydrogens (primary N) is 1. The molecule has 0 saturated carbocycles. The topological polar surface area (TPSA) is 113 Å². The maximum absolute atomic E-state index is 11.3. The number of aromatic nitrogens is 2. The number of nitro groups is 1. The smallest absolute Gasteiger partial charge is 0.332 e. The van der Waals surface area contributed by atoms with Crippen LogP contribution in [0.4, 0.5) is 17.5 Å². The number of likely N-dealkylation sites (tertiary alicyclic amines) is 1. The Kier molecular flexibility index (Phi) is 4.53. The summed E-state index contributed by atoms with van der Waals surface area (Å²) in [6.07, 6.45) is 2.23. The normalized spacial score (nSPS) is 18.8. The van der Waals surface area contributed by atoms with E-state index in [0.717, 1.165) is 19.4 Å². The molecule has 0 bridgehead atoms. The first-order chi connectivity index (χ1) is 9.93. The lowest BCUT2D eigenvalue weighted by Crippen LogP contribution is -2.37. The summed E-state index contributed by atoms with van der Waals surface area (Å²) in [4.78, 5) is 23.0. The van der Waals surface area contributed by atoms with Crippen molar-refractivity contribution in [1.82, 2.24) is 14.9 Å². The van der Waals surface area contributed by atoms with Crippen molar-refractivity contribution in [1.29, 1.82) is 0 Å². The molecule has 1 fully saturated rings. The number of nitrogens with zero attached hydrogens (tertiary/aromatic N) is 5. The zero-order valence-electron chi connectivity index (χ0n) is 12.5. The van der Waals surface area contributed by atoms with Gasteiger partial charge in [0.15, 0.2) is 0 Å². The van der Waals surface area contributed by atoms with Crippen molar-refractivity contribution in [3.8, 4) is 0 Å². The number of hydrogen-bond donors (Lipinski definition) is 2. The predicted molar refractivity (Wildman–Crippen MR) is 80.2 cm³/mol. The molecule has 116 valence electrons. The zero-order valence-corrected chi connectivity index (χ0v) is 12.5. The molecule has 1 aliphatic heterocycles. The summed E-state index contributed by atoms with van der Waals surface area (Å²) in [5, 5.41) is 11.3. The Morgan fingerprint density at radius 3 is 2.81 bits per heavy atom. The molecule has 9 heteroatoms. The maximum Gasteiger partial charge on any atom is 0.332 e. The first-order valence-electron chi connectivity index (χ1n) is 6.85. The highest BCUT2D eigenvalue weighted by Crippen LogP contribution is 2.30. The molecule has 9 nitrogen and oxygen atoms in total. The maximum atomic E-state index is 11.3. The van der Waals surface area contributed by atoms with Gasteiger partial charge in [0, 0.05) is 19.6 Å². The number of hydrogen-bond acceptors (Lipinski definition) is 8. The van der Waals surface area contributed by atoms with E-state index in [1.807, 2.05) is 0 Å². The molecular weight excluding hydrogens is 274 g/mol. The number of rotatable bonds is 5. The largest absolute Gasteiger partial charge is 0.352 e. The fourth-order valence-electron chi connectivity index (χ4n) is 2.71. The van der Waals surface area contributed by atoms with Gasteiger partial charge in [0.2, 0.25) is 11.8 Å². The van der Waals surface area contributed by atoms with Gasteiger partial charge in [-0.2, -0.15) is 4.98 Å². The van der Waals surface area contributed by atoms with Crippen LogP contribution in [0.15, 0.2) is 0 Å². The van der Waals surface area contributed by atoms with Gasteiger partial charge in [0.25, 0.3) is 0 Å². The van der Waals surface area contributed by atoms with E-state index in [-0.39, 0.29) is 11.6 Å². The highest BCUT2D eigenvalue weighted by Gasteiger charge is 2.28. The Balaban J connectivity index is 2.31. The SMILES string of the molecule is Cc1nc(NN)nc(N(C)CC2CCCN2C)c1[N+](=O)[O-]. The minimum absolute atomic E-state index is 0.0721. The first kappa shape index (κ1) is 15.4. The second kappa shape index (κ2) is 6.19. The molecule has 0 aliphatic carbocycles. The average molecular weight is 295 g/mol. The van der Waals surface area contributed by atoms with Crippen molar-refractivity contribution in [3.63, 3.8) is 0 Å². The molecule has 0 spiro atoms. The van der Waals surface area contributed by atoms with Gasteiger partial charge in [0.1, 0.15) is 5.69 Å². The standard InChI is InChI=1S/C12H21N7O2/c1-8-10(19(20)21)11(15-12(14-8)16-13)18(3)7-9-5-4-6-17(9)2/h9H,4-7,13H2,1-3H3,(H,14,15,16). The van der Waals surface area contributed by atoms with E-state index >= 15 is 0 Å². The Hall–Kier alpha value is -2.00. The first-order valence-corrected chi connectivity index (χ1v) is 6.85. The Bertz CT molecular complexity index is 537. The highest BCUT2D eigenvalue weighted by atomic mass is 16.6. The molecule has 1 aromatic heterocycles. The summed E-state index contributed by atoms with van der Waals surface area (Å²) in [5.74, 6) is 5.80. The lowest BCUT2D eigenvalue weighted by atomic mass is 10.2. The molecule has 1 unspecified atom stereocenters. The molecule has 3 N–H and O–H groups in total. The molecule has 1 saturated heterocycles. The van der Waals surface area contributed by atoms with Crippen LogP contribution in [0.1, 0.15) is 18.5 Å². The van der Waals surface area contributed by atoms with Gasteiger partial charge >= 0.3 is 5.69 Å². The Morgan fingerprint density at radius 2 is 2.29 bits per heavy atom. The van der Waals surface area contributed by atoms with Crippen LogP contribution in [0.2, 0.25) is 0 Å². The number of nitrogen functional groups attached to an aromatic ring is 1. The lowest BCUT2D eigenvalue weighted by Gasteiger charge is -2.26. The third-order valence-electron chi connectivity index (χ3n) is 3.87. The minimum atomic E-state index is -0.445. The van der Waals surface area contributed by atoms with Crippen molar-refractivity contribution in [2.45, 2.75) is 25.8 Å². The number of nitrogens with one attached hydrogen (secondary N) is 1. The van der Waals surface area contributed by atoms with Crippen LogP contribution in [0.3, 0.4) is 0 Å². The number of hydrazine groups is 1. The Labute approximate surface area is 123 Å². The van der Waals surface area contributed by atoms with Crippen molar-refractivity contribution in [2.75, 3.05) is 37.5 Å². The van der Waals surface area contributed by atoms with Crippen LogP contribution in [-0.4, -0.2) is 53.0 Å². The molecule has 0 radical (unpaired) electrons. The van der Waals surface area contributed by atoms with E-state index in [1.54, 1.807) is 18.9 Å². The molecular formula is C12H21N7O2. The van der Waals surface area contributed by atoms with E-state index < -0.39 is 4.92 Å². The Morgan fingerprint density at radius 1 is 1.57 bits per heavy atom. The van der Waals surface area contributed by atoms with Crippen LogP contribution in [0, 0.1) is 17.0 Å². The van der Waals surface area contributed by atoms with Gasteiger partial charge in [-0.05, 0) is 33.4 Å². The van der Waals surface area contributed by atoms with Crippen molar-refractivity contribution in [2.24, 2.45) is 5.84 Å². The summed E-state index contributed by atoms with van der Waals surface area (Å²) in [5.41, 5.74) is 2.57. The van der Waals surface area contributed by atoms with Crippen molar-refractivity contribution in [3.05, 3.63) is 15.8 Å². The predicted octanol–water partition coefficient (Wildman–Crippen LogP) is 0.509. The van der Waals surface area contributed by atoms with Crippen LogP contribution < -0.4 is 16.2 Å². The van der Waals surface area contributed by atoms with E-state index in [4.69, 9.17) is 5.84 Å². The van der Waals surface area contributed by atoms with Crippen LogP contribution >= 0.6 is 0 Å². The highest BCUT2D eigenvalue weighted by molar-refractivity contribution is 5.62. The van der Waals surface area contributed by atoms with E-state index in [2.05, 4.69) is 27.3 Å². The average Bonchev–Trinajstić information content (AvgIpc) is 2.82. The van der Waals surface area contributed by atoms with Crippen LogP contribution in [0.25, 0.3) is 0 Å². The van der Waals surface area contributed by atoms with E-state index in [1.165, 1.54) is 0 Å². The van der Waals surface area contributed by atoms with Crippen molar-refractivity contribution < 1.29 is 4.92 Å². The van der Waals surface area contributed by atoms with Gasteiger partial charge in [-0.1, -0.05) is 0 Å². The van der Waals surface area contributed by atoms with Gasteiger partial charge in [-0.15, -0.1) is 0 Å².